The fraction of sp³-hybridized carbons (Fsp3) is 0.500. The summed E-state index contributed by atoms with van der Waals surface area (Å²) in [6, 6.07) is 8.12. The van der Waals surface area contributed by atoms with Gasteiger partial charge < -0.3 is 15.4 Å². The molecule has 1 aliphatic heterocycles. The van der Waals surface area contributed by atoms with Crippen LogP contribution in [0.3, 0.4) is 0 Å². The first-order valence-electron chi connectivity index (χ1n) is 8.32. The highest BCUT2D eigenvalue weighted by atomic mass is 16.5. The zero-order valence-corrected chi connectivity index (χ0v) is 13.9. The van der Waals surface area contributed by atoms with Crippen molar-refractivity contribution < 1.29 is 9.53 Å². The van der Waals surface area contributed by atoms with Crippen LogP contribution in [0.5, 0.6) is 5.75 Å². The molecule has 23 heavy (non-hydrogen) atoms. The first-order chi connectivity index (χ1) is 11.3. The molecule has 1 fully saturated rings. The van der Waals surface area contributed by atoms with Crippen molar-refractivity contribution in [1.29, 1.82) is 0 Å². The van der Waals surface area contributed by atoms with Gasteiger partial charge in [-0.1, -0.05) is 24.6 Å². The minimum atomic E-state index is -0.180. The second kappa shape index (κ2) is 9.90. The highest BCUT2D eigenvalue weighted by molar-refractivity contribution is 5.73. The van der Waals surface area contributed by atoms with Gasteiger partial charge in [0.05, 0.1) is 0 Å². The molecular weight excluding hydrogens is 290 g/mol. The molecule has 0 bridgehead atoms. The van der Waals surface area contributed by atoms with E-state index in [1.165, 1.54) is 37.9 Å². The van der Waals surface area contributed by atoms with Gasteiger partial charge in [0.15, 0.2) is 0 Å². The van der Waals surface area contributed by atoms with E-state index in [0.717, 1.165) is 12.3 Å². The third kappa shape index (κ3) is 6.74. The molecule has 5 heteroatoms. The molecule has 1 aliphatic rings. The number of carbonyl (C=O) groups is 1. The second-order valence-electron chi connectivity index (χ2n) is 5.73. The van der Waals surface area contributed by atoms with Gasteiger partial charge >= 0.3 is 6.03 Å². The van der Waals surface area contributed by atoms with Crippen LogP contribution in [0.4, 0.5) is 4.79 Å². The van der Waals surface area contributed by atoms with Gasteiger partial charge in [-0.3, -0.25) is 4.90 Å². The Balaban J connectivity index is 1.71. The van der Waals surface area contributed by atoms with Crippen molar-refractivity contribution in [3.63, 3.8) is 0 Å². The van der Waals surface area contributed by atoms with Crippen molar-refractivity contribution in [1.82, 2.24) is 15.5 Å². The summed E-state index contributed by atoms with van der Waals surface area (Å²) < 4.78 is 5.74. The maximum absolute atomic E-state index is 11.0. The van der Waals surface area contributed by atoms with Crippen LogP contribution in [0.15, 0.2) is 36.4 Å². The Morgan fingerprint density at radius 3 is 2.87 bits per heavy atom. The quantitative estimate of drug-likeness (QED) is 0.760. The highest BCUT2D eigenvalue weighted by Crippen LogP contribution is 2.17. The zero-order valence-electron chi connectivity index (χ0n) is 13.9. The van der Waals surface area contributed by atoms with E-state index in [4.69, 9.17) is 4.74 Å². The molecule has 1 aromatic rings. The van der Waals surface area contributed by atoms with E-state index in [0.29, 0.717) is 13.2 Å². The highest BCUT2D eigenvalue weighted by Gasteiger charge is 2.10. The minimum Gasteiger partial charge on any atom is -0.490 e. The van der Waals surface area contributed by atoms with Crippen molar-refractivity contribution in [2.75, 3.05) is 33.3 Å². The number of nitrogens with one attached hydrogen (secondary N) is 2. The van der Waals surface area contributed by atoms with Gasteiger partial charge in [0, 0.05) is 20.1 Å². The fourth-order valence-corrected chi connectivity index (χ4v) is 2.65. The van der Waals surface area contributed by atoms with Crippen molar-refractivity contribution in [3.8, 4) is 5.75 Å². The topological polar surface area (TPSA) is 53.6 Å². The smallest absolute Gasteiger partial charge is 0.314 e. The number of rotatable bonds is 7. The van der Waals surface area contributed by atoms with Gasteiger partial charge in [-0.15, -0.1) is 0 Å². The maximum atomic E-state index is 11.0. The third-order valence-electron chi connectivity index (χ3n) is 3.87. The molecule has 0 radical (unpaired) electrons. The van der Waals surface area contributed by atoms with Crippen LogP contribution in [0.1, 0.15) is 24.8 Å². The molecule has 2 N–H and O–H groups in total. The lowest BCUT2D eigenvalue weighted by Crippen LogP contribution is -2.32. The SMILES string of the molecule is CNC(=O)NC/C=C/COc1cccc(CN2CCCCC2)c1. The van der Waals surface area contributed by atoms with Crippen molar-refractivity contribution >= 4 is 6.03 Å². The van der Waals surface area contributed by atoms with E-state index in [-0.39, 0.29) is 6.03 Å². The predicted molar refractivity (Wildman–Crippen MR) is 92.7 cm³/mol. The molecule has 2 amide bonds. The largest absolute Gasteiger partial charge is 0.490 e. The van der Waals surface area contributed by atoms with Crippen LogP contribution in [0.25, 0.3) is 0 Å². The Labute approximate surface area is 138 Å². The van der Waals surface area contributed by atoms with Gasteiger partial charge in [-0.25, -0.2) is 4.79 Å². The summed E-state index contributed by atoms with van der Waals surface area (Å²) in [6.45, 7) is 4.40. The molecular formula is C18H27N3O2. The summed E-state index contributed by atoms with van der Waals surface area (Å²) in [5.41, 5.74) is 1.30. The van der Waals surface area contributed by atoms with Crippen LogP contribution in [-0.4, -0.2) is 44.2 Å². The third-order valence-corrected chi connectivity index (χ3v) is 3.87. The summed E-state index contributed by atoms with van der Waals surface area (Å²) in [7, 11) is 1.60. The van der Waals surface area contributed by atoms with Crippen LogP contribution in [0.2, 0.25) is 0 Å². The first-order valence-corrected chi connectivity index (χ1v) is 8.32. The molecule has 1 aromatic carbocycles. The molecule has 0 atom stereocenters. The van der Waals surface area contributed by atoms with Gasteiger partial charge in [-0.05, 0) is 49.7 Å². The van der Waals surface area contributed by atoms with Crippen molar-refractivity contribution in [3.05, 3.63) is 42.0 Å². The molecule has 0 aromatic heterocycles. The molecule has 0 saturated carbocycles. The molecule has 0 unspecified atom stereocenters. The standard InChI is InChI=1S/C18H27N3O2/c1-19-18(22)20-10-3-6-13-23-17-9-7-8-16(14-17)15-21-11-4-2-5-12-21/h3,6-9,14H,2,4-5,10-13,15H2,1H3,(H2,19,20,22)/b6-3+. The number of carbonyl (C=O) groups excluding carboxylic acids is 1. The van der Waals surface area contributed by atoms with Gasteiger partial charge in [-0.2, -0.15) is 0 Å². The fourth-order valence-electron chi connectivity index (χ4n) is 2.65. The monoisotopic (exact) mass is 317 g/mol. The van der Waals surface area contributed by atoms with E-state index >= 15 is 0 Å². The summed E-state index contributed by atoms with van der Waals surface area (Å²) >= 11 is 0. The average Bonchev–Trinajstić information content (AvgIpc) is 2.59. The van der Waals surface area contributed by atoms with E-state index in [1.807, 2.05) is 24.3 Å². The number of hydrogen-bond donors (Lipinski definition) is 2. The molecule has 0 aliphatic carbocycles. The van der Waals surface area contributed by atoms with Gasteiger partial charge in [0.1, 0.15) is 12.4 Å². The molecule has 2 rings (SSSR count). The predicted octanol–water partition coefficient (Wildman–Crippen LogP) is 2.54. The average molecular weight is 317 g/mol. The molecule has 1 heterocycles. The van der Waals surface area contributed by atoms with E-state index in [1.54, 1.807) is 7.05 Å². The van der Waals surface area contributed by atoms with E-state index in [9.17, 15) is 4.79 Å². The lowest BCUT2D eigenvalue weighted by Gasteiger charge is -2.26. The molecule has 126 valence electrons. The van der Waals surface area contributed by atoms with Crippen LogP contribution in [-0.2, 0) is 6.54 Å². The van der Waals surface area contributed by atoms with E-state index < -0.39 is 0 Å². The van der Waals surface area contributed by atoms with Crippen molar-refractivity contribution in [2.45, 2.75) is 25.8 Å². The number of ether oxygens (including phenoxy) is 1. The second-order valence-corrected chi connectivity index (χ2v) is 5.73. The van der Waals surface area contributed by atoms with Crippen LogP contribution >= 0.6 is 0 Å². The molecule has 1 saturated heterocycles. The summed E-state index contributed by atoms with van der Waals surface area (Å²) in [6.07, 6.45) is 7.77. The Hall–Kier alpha value is -2.01. The summed E-state index contributed by atoms with van der Waals surface area (Å²) in [4.78, 5) is 13.5. The Bertz CT molecular complexity index is 511. The Kier molecular flexibility index (Phi) is 7.46. The lowest BCUT2D eigenvalue weighted by atomic mass is 10.1. The Morgan fingerprint density at radius 2 is 2.09 bits per heavy atom. The number of likely N-dealkylation sites (tertiary alicyclic amines) is 1. The Morgan fingerprint density at radius 1 is 1.26 bits per heavy atom. The minimum absolute atomic E-state index is 0.180. The first kappa shape index (κ1) is 17.3. The number of hydrogen-bond acceptors (Lipinski definition) is 3. The number of urea groups is 1. The van der Waals surface area contributed by atoms with Gasteiger partial charge in [0.2, 0.25) is 0 Å². The van der Waals surface area contributed by atoms with Gasteiger partial charge in [0.25, 0.3) is 0 Å². The normalized spacial score (nSPS) is 15.5. The van der Waals surface area contributed by atoms with Crippen LogP contribution < -0.4 is 15.4 Å². The van der Waals surface area contributed by atoms with Crippen molar-refractivity contribution in [2.24, 2.45) is 0 Å². The lowest BCUT2D eigenvalue weighted by molar-refractivity contribution is 0.220. The number of amides is 2. The number of benzene rings is 1. The summed E-state index contributed by atoms with van der Waals surface area (Å²) in [5, 5.41) is 5.19. The molecule has 5 nitrogen and oxygen atoms in total. The van der Waals surface area contributed by atoms with Crippen LogP contribution in [0, 0.1) is 0 Å². The number of nitrogens with zero attached hydrogens (tertiary/aromatic N) is 1. The zero-order chi connectivity index (χ0) is 16.3. The number of piperidine rings is 1. The summed E-state index contributed by atoms with van der Waals surface area (Å²) in [5.74, 6) is 0.892. The molecule has 0 spiro atoms. The van der Waals surface area contributed by atoms with E-state index in [2.05, 4.69) is 27.7 Å². The maximum Gasteiger partial charge on any atom is 0.314 e.